The molecule has 1 rings (SSSR count). The van der Waals surface area contributed by atoms with Crippen LogP contribution in [0.3, 0.4) is 0 Å². The van der Waals surface area contributed by atoms with Gasteiger partial charge in [-0.1, -0.05) is 30.3 Å². The summed E-state index contributed by atoms with van der Waals surface area (Å²) in [4.78, 5) is 23.8. The van der Waals surface area contributed by atoms with Gasteiger partial charge in [0.2, 0.25) is 0 Å². The van der Waals surface area contributed by atoms with Crippen molar-refractivity contribution >= 4 is 12.4 Å². The smallest absolute Gasteiger partial charge is 0.408 e. The number of hydrogen-bond donors (Lipinski definition) is 1. The predicted molar refractivity (Wildman–Crippen MR) is 74.2 cm³/mol. The van der Waals surface area contributed by atoms with Gasteiger partial charge in [-0.25, -0.2) is 4.79 Å². The molecule has 0 fully saturated rings. The van der Waals surface area contributed by atoms with Crippen LogP contribution in [-0.2, 0) is 11.2 Å². The first kappa shape index (κ1) is 15.2. The Labute approximate surface area is 114 Å². The maximum absolute atomic E-state index is 11.3. The Hall–Kier alpha value is -1.84. The second-order valence-electron chi connectivity index (χ2n) is 5.55. The van der Waals surface area contributed by atoms with E-state index in [1.807, 2.05) is 30.3 Å². The molecule has 1 atom stereocenters. The van der Waals surface area contributed by atoms with Crippen LogP contribution in [-0.4, -0.2) is 34.0 Å². The molecule has 1 N–H and O–H groups in total. The molecule has 4 heteroatoms. The number of amides is 1. The van der Waals surface area contributed by atoms with Crippen LogP contribution in [0.2, 0.25) is 0 Å². The molecule has 0 radical (unpaired) electrons. The normalized spacial score (nSPS) is 12.8. The minimum Gasteiger partial charge on any atom is -0.465 e. The lowest BCUT2D eigenvalue weighted by molar-refractivity contribution is -0.113. The summed E-state index contributed by atoms with van der Waals surface area (Å²) in [6.45, 7) is 5.38. The number of carbonyl (C=O) groups excluding carboxylic acids is 1. The Kier molecular flexibility index (Phi) is 5.10. The standard InChI is InChI=1S/C15H21NO3/c1-15(2,3)16(14(18)19)13(11-17)10-9-12-7-5-4-6-8-12/h4-8,11,13H,9-10H2,1-3H3,(H,18,19)/t13-/m0/s1. The van der Waals surface area contributed by atoms with Crippen LogP contribution < -0.4 is 0 Å². The zero-order valence-corrected chi connectivity index (χ0v) is 11.7. The van der Waals surface area contributed by atoms with Crippen molar-refractivity contribution in [1.29, 1.82) is 0 Å². The van der Waals surface area contributed by atoms with Crippen molar-refractivity contribution in [2.75, 3.05) is 0 Å². The minimum atomic E-state index is -1.06. The summed E-state index contributed by atoms with van der Waals surface area (Å²) >= 11 is 0. The molecular formula is C15H21NO3. The Morgan fingerprint density at radius 1 is 1.32 bits per heavy atom. The highest BCUT2D eigenvalue weighted by molar-refractivity contribution is 5.72. The number of aryl methyl sites for hydroxylation is 1. The lowest BCUT2D eigenvalue weighted by Gasteiger charge is -2.37. The third-order valence-corrected chi connectivity index (χ3v) is 2.99. The fourth-order valence-corrected chi connectivity index (χ4v) is 2.14. The number of nitrogens with zero attached hydrogens (tertiary/aromatic N) is 1. The van der Waals surface area contributed by atoms with E-state index in [1.165, 1.54) is 4.90 Å². The monoisotopic (exact) mass is 263 g/mol. The fraction of sp³-hybridized carbons (Fsp3) is 0.467. The van der Waals surface area contributed by atoms with E-state index in [9.17, 15) is 14.7 Å². The van der Waals surface area contributed by atoms with Crippen molar-refractivity contribution < 1.29 is 14.7 Å². The molecule has 0 heterocycles. The van der Waals surface area contributed by atoms with Crippen LogP contribution in [0.15, 0.2) is 30.3 Å². The Bertz CT molecular complexity index is 423. The number of hydrogen-bond acceptors (Lipinski definition) is 2. The van der Waals surface area contributed by atoms with Crippen LogP contribution in [0.5, 0.6) is 0 Å². The van der Waals surface area contributed by atoms with Crippen LogP contribution in [0.4, 0.5) is 4.79 Å². The zero-order chi connectivity index (χ0) is 14.5. The topological polar surface area (TPSA) is 57.6 Å². The zero-order valence-electron chi connectivity index (χ0n) is 11.7. The molecule has 0 saturated heterocycles. The molecule has 0 aliphatic carbocycles. The molecule has 1 amide bonds. The lowest BCUT2D eigenvalue weighted by Crippen LogP contribution is -2.52. The molecule has 0 unspecified atom stereocenters. The molecular weight excluding hydrogens is 242 g/mol. The summed E-state index contributed by atoms with van der Waals surface area (Å²) < 4.78 is 0. The van der Waals surface area contributed by atoms with Gasteiger partial charge in [0.1, 0.15) is 6.29 Å². The van der Waals surface area contributed by atoms with Crippen LogP contribution >= 0.6 is 0 Å². The first-order valence-corrected chi connectivity index (χ1v) is 6.37. The highest BCUT2D eigenvalue weighted by atomic mass is 16.4. The third kappa shape index (κ3) is 4.39. The molecule has 0 saturated carbocycles. The second-order valence-corrected chi connectivity index (χ2v) is 5.55. The number of rotatable bonds is 5. The van der Waals surface area contributed by atoms with Gasteiger partial charge in [0.05, 0.1) is 6.04 Å². The van der Waals surface area contributed by atoms with Crippen LogP contribution in [0.25, 0.3) is 0 Å². The van der Waals surface area contributed by atoms with Crippen LogP contribution in [0, 0.1) is 0 Å². The van der Waals surface area contributed by atoms with E-state index in [4.69, 9.17) is 0 Å². The highest BCUT2D eigenvalue weighted by Crippen LogP contribution is 2.19. The average Bonchev–Trinajstić information content (AvgIpc) is 2.33. The number of aldehydes is 1. The third-order valence-electron chi connectivity index (χ3n) is 2.99. The lowest BCUT2D eigenvalue weighted by atomic mass is 9.99. The average molecular weight is 263 g/mol. The molecule has 104 valence electrons. The van der Waals surface area contributed by atoms with Gasteiger partial charge in [-0.15, -0.1) is 0 Å². The molecule has 19 heavy (non-hydrogen) atoms. The second kappa shape index (κ2) is 6.36. The van der Waals surface area contributed by atoms with Crippen molar-refractivity contribution in [3.8, 4) is 0 Å². The summed E-state index contributed by atoms with van der Waals surface area (Å²) in [5.74, 6) is 0. The van der Waals surface area contributed by atoms with Crippen molar-refractivity contribution in [2.45, 2.75) is 45.2 Å². The molecule has 1 aromatic carbocycles. The van der Waals surface area contributed by atoms with Gasteiger partial charge in [0, 0.05) is 5.54 Å². The molecule has 0 aliphatic rings. The molecule has 0 spiro atoms. The number of carboxylic acid groups (broad SMARTS) is 1. The molecule has 0 bridgehead atoms. The van der Waals surface area contributed by atoms with E-state index in [1.54, 1.807) is 20.8 Å². The molecule has 1 aromatic rings. The van der Waals surface area contributed by atoms with E-state index >= 15 is 0 Å². The van der Waals surface area contributed by atoms with Gasteiger partial charge >= 0.3 is 6.09 Å². The first-order chi connectivity index (χ1) is 8.86. The largest absolute Gasteiger partial charge is 0.465 e. The first-order valence-electron chi connectivity index (χ1n) is 6.37. The number of benzene rings is 1. The van der Waals surface area contributed by atoms with Gasteiger partial charge < -0.3 is 9.90 Å². The summed E-state index contributed by atoms with van der Waals surface area (Å²) in [5.41, 5.74) is 0.516. The molecule has 0 aromatic heterocycles. The summed E-state index contributed by atoms with van der Waals surface area (Å²) in [5, 5.41) is 9.27. The maximum atomic E-state index is 11.3. The van der Waals surface area contributed by atoms with E-state index in [0.29, 0.717) is 12.8 Å². The Balaban J connectivity index is 2.76. The minimum absolute atomic E-state index is 0.497. The Morgan fingerprint density at radius 2 is 1.89 bits per heavy atom. The van der Waals surface area contributed by atoms with Crippen LogP contribution in [0.1, 0.15) is 32.8 Å². The SMILES string of the molecule is CC(C)(C)N(C(=O)O)[C@H](C=O)CCc1ccccc1. The summed E-state index contributed by atoms with van der Waals surface area (Å²) in [7, 11) is 0. The van der Waals surface area contributed by atoms with E-state index in [2.05, 4.69) is 0 Å². The fourth-order valence-electron chi connectivity index (χ4n) is 2.14. The van der Waals surface area contributed by atoms with Crippen molar-refractivity contribution in [3.05, 3.63) is 35.9 Å². The highest BCUT2D eigenvalue weighted by Gasteiger charge is 2.32. The predicted octanol–water partition coefficient (Wildman–Crippen LogP) is 2.97. The van der Waals surface area contributed by atoms with Gasteiger partial charge in [-0.2, -0.15) is 0 Å². The van der Waals surface area contributed by atoms with E-state index in [0.717, 1.165) is 11.8 Å². The molecule has 4 nitrogen and oxygen atoms in total. The van der Waals surface area contributed by atoms with Crippen molar-refractivity contribution in [1.82, 2.24) is 4.90 Å². The van der Waals surface area contributed by atoms with E-state index < -0.39 is 17.7 Å². The van der Waals surface area contributed by atoms with Gasteiger partial charge in [0.15, 0.2) is 0 Å². The molecule has 0 aliphatic heterocycles. The van der Waals surface area contributed by atoms with Crippen molar-refractivity contribution in [3.63, 3.8) is 0 Å². The van der Waals surface area contributed by atoms with Gasteiger partial charge in [-0.05, 0) is 39.2 Å². The summed E-state index contributed by atoms with van der Waals surface area (Å²) in [6, 6.07) is 9.14. The van der Waals surface area contributed by atoms with Gasteiger partial charge in [-0.3, -0.25) is 4.90 Å². The van der Waals surface area contributed by atoms with E-state index in [-0.39, 0.29) is 0 Å². The number of carbonyl (C=O) groups is 2. The summed E-state index contributed by atoms with van der Waals surface area (Å²) in [6.07, 6.45) is 0.849. The quantitative estimate of drug-likeness (QED) is 0.831. The maximum Gasteiger partial charge on any atom is 0.408 e. The Morgan fingerprint density at radius 3 is 2.32 bits per heavy atom. The van der Waals surface area contributed by atoms with Gasteiger partial charge in [0.25, 0.3) is 0 Å². The van der Waals surface area contributed by atoms with Crippen molar-refractivity contribution in [2.24, 2.45) is 0 Å².